The fourth-order valence-corrected chi connectivity index (χ4v) is 2.95. The summed E-state index contributed by atoms with van der Waals surface area (Å²) in [4.78, 5) is 26.3. The van der Waals surface area contributed by atoms with Crippen molar-refractivity contribution >= 4 is 23.3 Å². The van der Waals surface area contributed by atoms with Crippen molar-refractivity contribution in [3.63, 3.8) is 0 Å². The summed E-state index contributed by atoms with van der Waals surface area (Å²) >= 11 is 1.58. The molecule has 0 bridgehead atoms. The SMILES string of the molecule is Cc1ccc(CNC(=O)N2C[C@@H](O)C[C@H]2C(=O)O)s1. The molecule has 0 aliphatic carbocycles. The molecule has 0 saturated carbocycles. The van der Waals surface area contributed by atoms with Crippen LogP contribution < -0.4 is 5.32 Å². The van der Waals surface area contributed by atoms with Crippen molar-refractivity contribution in [2.24, 2.45) is 0 Å². The topological polar surface area (TPSA) is 89.9 Å². The number of aliphatic hydroxyl groups excluding tert-OH is 1. The highest BCUT2D eigenvalue weighted by Gasteiger charge is 2.38. The third-order valence-electron chi connectivity index (χ3n) is 3.03. The molecule has 1 aromatic rings. The molecule has 19 heavy (non-hydrogen) atoms. The van der Waals surface area contributed by atoms with Crippen molar-refractivity contribution in [1.29, 1.82) is 0 Å². The average molecular weight is 284 g/mol. The lowest BCUT2D eigenvalue weighted by Crippen LogP contribution is -2.45. The molecule has 2 rings (SSSR count). The largest absolute Gasteiger partial charge is 0.480 e. The monoisotopic (exact) mass is 284 g/mol. The van der Waals surface area contributed by atoms with E-state index >= 15 is 0 Å². The van der Waals surface area contributed by atoms with Gasteiger partial charge in [0.25, 0.3) is 0 Å². The second kappa shape index (κ2) is 5.58. The van der Waals surface area contributed by atoms with Crippen LogP contribution in [-0.2, 0) is 11.3 Å². The number of carbonyl (C=O) groups is 2. The molecule has 104 valence electrons. The average Bonchev–Trinajstić information content (AvgIpc) is 2.92. The summed E-state index contributed by atoms with van der Waals surface area (Å²) in [6.45, 7) is 2.41. The van der Waals surface area contributed by atoms with Crippen molar-refractivity contribution < 1.29 is 19.8 Å². The highest BCUT2D eigenvalue weighted by atomic mass is 32.1. The zero-order valence-corrected chi connectivity index (χ0v) is 11.3. The molecule has 2 heterocycles. The summed E-state index contributed by atoms with van der Waals surface area (Å²) in [5, 5.41) is 21.2. The Morgan fingerprint density at radius 2 is 2.26 bits per heavy atom. The maximum absolute atomic E-state index is 11.9. The molecule has 1 aliphatic rings. The van der Waals surface area contributed by atoms with Crippen molar-refractivity contribution in [3.8, 4) is 0 Å². The molecule has 1 aliphatic heterocycles. The number of nitrogens with one attached hydrogen (secondary N) is 1. The summed E-state index contributed by atoms with van der Waals surface area (Å²) in [6.07, 6.45) is -0.684. The van der Waals surface area contributed by atoms with Gasteiger partial charge < -0.3 is 20.4 Å². The van der Waals surface area contributed by atoms with Gasteiger partial charge in [-0.2, -0.15) is 0 Å². The minimum atomic E-state index is -1.08. The second-order valence-corrected chi connectivity index (χ2v) is 5.94. The van der Waals surface area contributed by atoms with E-state index in [1.165, 1.54) is 4.90 Å². The maximum Gasteiger partial charge on any atom is 0.326 e. The minimum absolute atomic E-state index is 0.0618. The van der Waals surface area contributed by atoms with Crippen LogP contribution in [0.25, 0.3) is 0 Å². The Morgan fingerprint density at radius 3 is 2.84 bits per heavy atom. The van der Waals surface area contributed by atoms with E-state index in [1.807, 2.05) is 19.1 Å². The third kappa shape index (κ3) is 3.24. The first kappa shape index (κ1) is 13.8. The highest BCUT2D eigenvalue weighted by Crippen LogP contribution is 2.19. The number of hydrogen-bond acceptors (Lipinski definition) is 4. The first-order valence-electron chi connectivity index (χ1n) is 5.98. The van der Waals surface area contributed by atoms with Crippen LogP contribution in [0.1, 0.15) is 16.2 Å². The van der Waals surface area contributed by atoms with Gasteiger partial charge in [0, 0.05) is 22.7 Å². The third-order valence-corrected chi connectivity index (χ3v) is 4.04. The van der Waals surface area contributed by atoms with Crippen LogP contribution in [-0.4, -0.2) is 45.8 Å². The van der Waals surface area contributed by atoms with Crippen LogP contribution in [0.5, 0.6) is 0 Å². The fourth-order valence-electron chi connectivity index (χ4n) is 2.12. The number of urea groups is 1. The quantitative estimate of drug-likeness (QED) is 0.765. The molecule has 0 spiro atoms. The van der Waals surface area contributed by atoms with E-state index in [0.29, 0.717) is 6.54 Å². The van der Waals surface area contributed by atoms with E-state index in [2.05, 4.69) is 5.32 Å². The lowest BCUT2D eigenvalue weighted by atomic mass is 10.2. The van der Waals surface area contributed by atoms with Gasteiger partial charge in [-0.1, -0.05) is 0 Å². The van der Waals surface area contributed by atoms with Gasteiger partial charge in [-0.3, -0.25) is 0 Å². The Hall–Kier alpha value is -1.60. The van der Waals surface area contributed by atoms with E-state index in [-0.39, 0.29) is 13.0 Å². The fraction of sp³-hybridized carbons (Fsp3) is 0.500. The minimum Gasteiger partial charge on any atom is -0.480 e. The number of carbonyl (C=O) groups excluding carboxylic acids is 1. The van der Waals surface area contributed by atoms with Gasteiger partial charge in [-0.15, -0.1) is 11.3 Å². The number of nitrogens with zero attached hydrogens (tertiary/aromatic N) is 1. The normalized spacial score (nSPS) is 22.5. The summed E-state index contributed by atoms with van der Waals surface area (Å²) < 4.78 is 0. The number of carboxylic acid groups (broad SMARTS) is 1. The van der Waals surface area contributed by atoms with Gasteiger partial charge in [-0.25, -0.2) is 9.59 Å². The number of amides is 2. The molecular weight excluding hydrogens is 268 g/mol. The van der Waals surface area contributed by atoms with Gasteiger partial charge in [0.1, 0.15) is 6.04 Å². The molecular formula is C12H16N2O4S. The molecule has 2 atom stereocenters. The van der Waals surface area contributed by atoms with E-state index in [9.17, 15) is 14.7 Å². The van der Waals surface area contributed by atoms with Crippen molar-refractivity contribution in [2.45, 2.75) is 32.0 Å². The number of aryl methyl sites for hydroxylation is 1. The van der Waals surface area contributed by atoms with E-state index in [4.69, 9.17) is 5.11 Å². The van der Waals surface area contributed by atoms with Gasteiger partial charge in [0.15, 0.2) is 0 Å². The van der Waals surface area contributed by atoms with E-state index in [1.54, 1.807) is 11.3 Å². The molecule has 7 heteroatoms. The Balaban J connectivity index is 1.93. The van der Waals surface area contributed by atoms with Crippen LogP contribution >= 0.6 is 11.3 Å². The van der Waals surface area contributed by atoms with Crippen LogP contribution in [0.4, 0.5) is 4.79 Å². The zero-order chi connectivity index (χ0) is 14.0. The Bertz CT molecular complexity index is 488. The van der Waals surface area contributed by atoms with Crippen LogP contribution in [0.2, 0.25) is 0 Å². The van der Waals surface area contributed by atoms with E-state index < -0.39 is 24.1 Å². The number of β-amino-alcohol motifs (C(OH)–C–C–N with tert-alkyl or cyclic N) is 1. The van der Waals surface area contributed by atoms with Crippen molar-refractivity contribution in [1.82, 2.24) is 10.2 Å². The second-order valence-electron chi connectivity index (χ2n) is 4.57. The predicted octanol–water partition coefficient (Wildman–Crippen LogP) is 0.786. The molecule has 3 N–H and O–H groups in total. The van der Waals surface area contributed by atoms with Gasteiger partial charge in [-0.05, 0) is 19.1 Å². The summed E-state index contributed by atoms with van der Waals surface area (Å²) in [7, 11) is 0. The van der Waals surface area contributed by atoms with Crippen molar-refractivity contribution in [3.05, 3.63) is 21.9 Å². The van der Waals surface area contributed by atoms with E-state index in [0.717, 1.165) is 9.75 Å². The van der Waals surface area contributed by atoms with Crippen LogP contribution in [0.15, 0.2) is 12.1 Å². The number of aliphatic hydroxyl groups is 1. The molecule has 1 saturated heterocycles. The first-order chi connectivity index (χ1) is 8.97. The molecule has 2 amide bonds. The lowest BCUT2D eigenvalue weighted by Gasteiger charge is -2.21. The lowest BCUT2D eigenvalue weighted by molar-refractivity contribution is -0.141. The Kier molecular flexibility index (Phi) is 4.06. The smallest absolute Gasteiger partial charge is 0.326 e. The van der Waals surface area contributed by atoms with Crippen molar-refractivity contribution in [2.75, 3.05) is 6.54 Å². The van der Waals surface area contributed by atoms with Crippen LogP contribution in [0, 0.1) is 6.92 Å². The number of likely N-dealkylation sites (tertiary alicyclic amines) is 1. The highest BCUT2D eigenvalue weighted by molar-refractivity contribution is 7.11. The standard InChI is InChI=1S/C12H16N2O4S/c1-7-2-3-9(19-7)5-13-12(18)14-6-8(15)4-10(14)11(16)17/h2-3,8,10,15H,4-6H2,1H3,(H,13,18)(H,16,17)/t8-,10-/m0/s1. The molecule has 1 aromatic heterocycles. The van der Waals surface area contributed by atoms with Gasteiger partial charge >= 0.3 is 12.0 Å². The molecule has 0 unspecified atom stereocenters. The number of carboxylic acids is 1. The number of thiophene rings is 1. The van der Waals surface area contributed by atoms with Gasteiger partial charge in [0.2, 0.25) is 0 Å². The number of hydrogen-bond donors (Lipinski definition) is 3. The van der Waals surface area contributed by atoms with Crippen LogP contribution in [0.3, 0.4) is 0 Å². The molecule has 6 nitrogen and oxygen atoms in total. The summed E-state index contributed by atoms with van der Waals surface area (Å²) in [6, 6.07) is 2.50. The Morgan fingerprint density at radius 1 is 1.53 bits per heavy atom. The Labute approximate surface area is 114 Å². The zero-order valence-electron chi connectivity index (χ0n) is 10.5. The summed E-state index contributed by atoms with van der Waals surface area (Å²) in [5.74, 6) is -1.08. The molecule has 1 fully saturated rings. The predicted molar refractivity (Wildman–Crippen MR) is 70.0 cm³/mol. The molecule has 0 aromatic carbocycles. The summed E-state index contributed by atoms with van der Waals surface area (Å²) in [5.41, 5.74) is 0. The van der Waals surface area contributed by atoms with Gasteiger partial charge in [0.05, 0.1) is 12.6 Å². The maximum atomic E-state index is 11.9. The number of aliphatic carboxylic acids is 1. The first-order valence-corrected chi connectivity index (χ1v) is 6.79. The molecule has 0 radical (unpaired) electrons. The number of rotatable bonds is 3.